The molecule has 1 unspecified atom stereocenters. The third kappa shape index (κ3) is 5.05. The zero-order valence-electron chi connectivity index (χ0n) is 15.6. The van der Waals surface area contributed by atoms with Crippen LogP contribution in [0.4, 0.5) is 0 Å². The van der Waals surface area contributed by atoms with Crippen LogP contribution in [0.2, 0.25) is 0 Å². The second-order valence-corrected chi connectivity index (χ2v) is 7.72. The van der Waals surface area contributed by atoms with Gasteiger partial charge in [-0.1, -0.05) is 44.2 Å². The van der Waals surface area contributed by atoms with Gasteiger partial charge in [-0.2, -0.15) is 0 Å². The Morgan fingerprint density at radius 2 is 1.92 bits per heavy atom. The monoisotopic (exact) mass is 331 g/mol. The van der Waals surface area contributed by atoms with Crippen LogP contribution in [0.1, 0.15) is 39.7 Å². The van der Waals surface area contributed by atoms with E-state index in [9.17, 15) is 4.79 Å². The van der Waals surface area contributed by atoms with E-state index < -0.39 is 0 Å². The first kappa shape index (κ1) is 18.9. The van der Waals surface area contributed by atoms with Crippen LogP contribution in [0.3, 0.4) is 0 Å². The number of likely N-dealkylation sites (tertiary alicyclic amines) is 1. The quantitative estimate of drug-likeness (QED) is 0.836. The molecular formula is C20H33N3O. The highest BCUT2D eigenvalue weighted by molar-refractivity contribution is 5.82. The van der Waals surface area contributed by atoms with Gasteiger partial charge in [-0.25, -0.2) is 0 Å². The summed E-state index contributed by atoms with van der Waals surface area (Å²) < 4.78 is 0. The fraction of sp³-hybridized carbons (Fsp3) is 0.650. The maximum Gasteiger partial charge on any atom is 0.239 e. The predicted octanol–water partition coefficient (Wildman–Crippen LogP) is 2.73. The summed E-state index contributed by atoms with van der Waals surface area (Å²) in [5.74, 6) is 0.855. The van der Waals surface area contributed by atoms with Gasteiger partial charge in [0.2, 0.25) is 5.91 Å². The SMILES string of the molecule is CC(C)[C@H](N)C(=O)N1CCC(CN(Cc2ccccc2)C(C)C)C1. The highest BCUT2D eigenvalue weighted by atomic mass is 16.2. The molecule has 24 heavy (non-hydrogen) atoms. The van der Waals surface area contributed by atoms with E-state index >= 15 is 0 Å². The van der Waals surface area contributed by atoms with Crippen molar-refractivity contribution in [3.05, 3.63) is 35.9 Å². The van der Waals surface area contributed by atoms with Crippen LogP contribution in [0.25, 0.3) is 0 Å². The molecule has 4 heteroatoms. The summed E-state index contributed by atoms with van der Waals surface area (Å²) in [6.07, 6.45) is 1.08. The molecule has 0 bridgehead atoms. The minimum atomic E-state index is -0.366. The van der Waals surface area contributed by atoms with E-state index in [1.54, 1.807) is 0 Å². The first-order valence-electron chi connectivity index (χ1n) is 9.20. The zero-order valence-corrected chi connectivity index (χ0v) is 15.6. The van der Waals surface area contributed by atoms with Crippen molar-refractivity contribution in [1.29, 1.82) is 0 Å². The Labute approximate surface area is 147 Å². The Bertz CT molecular complexity index is 515. The normalized spacial score (nSPS) is 19.5. The van der Waals surface area contributed by atoms with Crippen molar-refractivity contribution >= 4 is 5.91 Å². The molecule has 1 amide bonds. The van der Waals surface area contributed by atoms with Crippen LogP contribution >= 0.6 is 0 Å². The second-order valence-electron chi connectivity index (χ2n) is 7.72. The molecule has 1 aliphatic heterocycles. The first-order chi connectivity index (χ1) is 11.4. The fourth-order valence-corrected chi connectivity index (χ4v) is 3.29. The molecule has 4 nitrogen and oxygen atoms in total. The number of nitrogens with two attached hydrogens (primary N) is 1. The van der Waals surface area contributed by atoms with Gasteiger partial charge in [-0.3, -0.25) is 9.69 Å². The Balaban J connectivity index is 1.91. The molecular weight excluding hydrogens is 298 g/mol. The smallest absolute Gasteiger partial charge is 0.239 e. The number of carbonyl (C=O) groups is 1. The van der Waals surface area contributed by atoms with Gasteiger partial charge in [0.15, 0.2) is 0 Å². The number of rotatable bonds is 7. The van der Waals surface area contributed by atoms with Crippen LogP contribution in [-0.2, 0) is 11.3 Å². The molecule has 134 valence electrons. The van der Waals surface area contributed by atoms with Crippen LogP contribution in [0, 0.1) is 11.8 Å². The molecule has 1 aromatic carbocycles. The third-order valence-electron chi connectivity index (χ3n) is 5.05. The molecule has 0 radical (unpaired) electrons. The van der Waals surface area contributed by atoms with Crippen LogP contribution in [0.15, 0.2) is 30.3 Å². The average molecular weight is 332 g/mol. The highest BCUT2D eigenvalue weighted by Gasteiger charge is 2.31. The summed E-state index contributed by atoms with van der Waals surface area (Å²) in [6, 6.07) is 10.7. The van der Waals surface area contributed by atoms with Gasteiger partial charge in [0.1, 0.15) is 0 Å². The molecule has 1 aliphatic rings. The van der Waals surface area contributed by atoms with E-state index in [4.69, 9.17) is 5.73 Å². The van der Waals surface area contributed by atoms with Crippen LogP contribution < -0.4 is 5.73 Å². The standard InChI is InChI=1S/C20H33N3O/c1-15(2)19(21)20(24)22-11-10-18(13-22)14-23(16(3)4)12-17-8-6-5-7-9-17/h5-9,15-16,18-19H,10-14,21H2,1-4H3/t18?,19-/m0/s1. The van der Waals surface area contributed by atoms with Gasteiger partial charge in [0, 0.05) is 32.2 Å². The van der Waals surface area contributed by atoms with Crippen molar-refractivity contribution in [2.75, 3.05) is 19.6 Å². The van der Waals surface area contributed by atoms with E-state index in [0.717, 1.165) is 32.6 Å². The summed E-state index contributed by atoms with van der Waals surface area (Å²) in [7, 11) is 0. The van der Waals surface area contributed by atoms with Crippen molar-refractivity contribution in [3.8, 4) is 0 Å². The van der Waals surface area contributed by atoms with E-state index in [1.807, 2.05) is 18.7 Å². The topological polar surface area (TPSA) is 49.6 Å². The van der Waals surface area contributed by atoms with Crippen LogP contribution in [-0.4, -0.2) is 47.4 Å². The lowest BCUT2D eigenvalue weighted by molar-refractivity contribution is -0.132. The Morgan fingerprint density at radius 3 is 2.50 bits per heavy atom. The van der Waals surface area contributed by atoms with Gasteiger partial charge in [-0.05, 0) is 37.7 Å². The van der Waals surface area contributed by atoms with Crippen molar-refractivity contribution < 1.29 is 4.79 Å². The predicted molar refractivity (Wildman–Crippen MR) is 99.5 cm³/mol. The molecule has 1 saturated heterocycles. The summed E-state index contributed by atoms with van der Waals surface area (Å²) in [5, 5.41) is 0. The first-order valence-corrected chi connectivity index (χ1v) is 9.20. The largest absolute Gasteiger partial charge is 0.341 e. The maximum absolute atomic E-state index is 12.4. The summed E-state index contributed by atoms with van der Waals surface area (Å²) in [5.41, 5.74) is 7.38. The molecule has 0 saturated carbocycles. The lowest BCUT2D eigenvalue weighted by Gasteiger charge is -2.29. The minimum absolute atomic E-state index is 0.117. The average Bonchev–Trinajstić information content (AvgIpc) is 3.02. The van der Waals surface area contributed by atoms with E-state index in [2.05, 4.69) is 49.1 Å². The number of carbonyl (C=O) groups excluding carboxylic acids is 1. The molecule has 2 N–H and O–H groups in total. The lowest BCUT2D eigenvalue weighted by Crippen LogP contribution is -2.46. The Hall–Kier alpha value is -1.39. The van der Waals surface area contributed by atoms with Crippen molar-refractivity contribution in [2.24, 2.45) is 17.6 Å². The zero-order chi connectivity index (χ0) is 17.7. The number of hydrogen-bond donors (Lipinski definition) is 1. The molecule has 0 aliphatic carbocycles. The molecule has 2 atom stereocenters. The molecule has 0 spiro atoms. The van der Waals surface area contributed by atoms with Gasteiger partial charge < -0.3 is 10.6 Å². The van der Waals surface area contributed by atoms with Crippen molar-refractivity contribution in [3.63, 3.8) is 0 Å². The van der Waals surface area contributed by atoms with Gasteiger partial charge in [0.25, 0.3) is 0 Å². The Kier molecular flexibility index (Phi) is 6.81. The lowest BCUT2D eigenvalue weighted by atomic mass is 10.0. The van der Waals surface area contributed by atoms with E-state index in [1.165, 1.54) is 5.56 Å². The fourth-order valence-electron chi connectivity index (χ4n) is 3.29. The Morgan fingerprint density at radius 1 is 1.25 bits per heavy atom. The van der Waals surface area contributed by atoms with Crippen LogP contribution in [0.5, 0.6) is 0 Å². The number of nitrogens with zero attached hydrogens (tertiary/aromatic N) is 2. The van der Waals surface area contributed by atoms with E-state index in [-0.39, 0.29) is 17.9 Å². The minimum Gasteiger partial charge on any atom is -0.341 e. The van der Waals surface area contributed by atoms with Crippen molar-refractivity contribution in [1.82, 2.24) is 9.80 Å². The number of amides is 1. The summed E-state index contributed by atoms with van der Waals surface area (Å²) >= 11 is 0. The second kappa shape index (κ2) is 8.63. The third-order valence-corrected chi connectivity index (χ3v) is 5.05. The van der Waals surface area contributed by atoms with Gasteiger partial charge in [0.05, 0.1) is 6.04 Å². The maximum atomic E-state index is 12.4. The molecule has 1 heterocycles. The van der Waals surface area contributed by atoms with Gasteiger partial charge in [-0.15, -0.1) is 0 Å². The molecule has 2 rings (SSSR count). The highest BCUT2D eigenvalue weighted by Crippen LogP contribution is 2.21. The summed E-state index contributed by atoms with van der Waals surface area (Å²) in [6.45, 7) is 12.2. The van der Waals surface area contributed by atoms with E-state index in [0.29, 0.717) is 12.0 Å². The van der Waals surface area contributed by atoms with Crippen molar-refractivity contribution in [2.45, 2.75) is 52.7 Å². The summed E-state index contributed by atoms with van der Waals surface area (Å²) in [4.78, 5) is 16.9. The molecule has 0 aromatic heterocycles. The number of hydrogen-bond acceptors (Lipinski definition) is 3. The molecule has 1 aromatic rings. The number of benzene rings is 1. The molecule has 1 fully saturated rings. The van der Waals surface area contributed by atoms with Gasteiger partial charge >= 0.3 is 0 Å².